The van der Waals surface area contributed by atoms with Gasteiger partial charge in [-0.25, -0.2) is 9.97 Å². The van der Waals surface area contributed by atoms with Crippen LogP contribution in [0.4, 0.5) is 0 Å². The maximum absolute atomic E-state index is 14.5. The highest BCUT2D eigenvalue weighted by molar-refractivity contribution is 6.27. The molecule has 2 N–H and O–H groups in total. The molecule has 2 aliphatic heterocycles. The van der Waals surface area contributed by atoms with E-state index in [9.17, 15) is 4.79 Å². The second-order valence-corrected chi connectivity index (χ2v) is 13.0. The van der Waals surface area contributed by atoms with Crippen LogP contribution in [0.2, 0.25) is 0 Å². The SMILES string of the molecule is O=c1c2c3c4ccccc4c4c-3nc-2c(c2ccc([nH]2)c(-c2ccccc2)c2nc(c(-c3ccccc3)c3ccc4[nH]3)C=C2)c2ccccc12. The van der Waals surface area contributed by atoms with Crippen LogP contribution in [0.25, 0.3) is 111 Å². The zero-order valence-electron chi connectivity index (χ0n) is 26.7. The molecule has 2 aliphatic carbocycles. The minimum Gasteiger partial charge on any atom is -0.354 e. The summed E-state index contributed by atoms with van der Waals surface area (Å²) in [6.07, 6.45) is 4.23. The van der Waals surface area contributed by atoms with Gasteiger partial charge in [-0.3, -0.25) is 4.79 Å². The van der Waals surface area contributed by atoms with E-state index < -0.39 is 0 Å². The van der Waals surface area contributed by atoms with Crippen LogP contribution in [0, 0.1) is 0 Å². The standard InChI is InChI=1S/C45H26N4O/c50-45-30-18-10-9-17-29(30)40-36-24-22-34(48-36)38(26-13-5-2-6-14-26)32-20-19-31(46-32)37(25-11-3-1-4-12-25)33-21-23-35(47-33)39-27-15-7-8-16-28(27)41-42(45)44(40)49-43(39)41/h1-24,47-48H. The lowest BCUT2D eigenvalue weighted by atomic mass is 9.95. The molecule has 4 aliphatic rings. The predicted octanol–water partition coefficient (Wildman–Crippen LogP) is 10.8. The Hall–Kier alpha value is -6.85. The number of rotatable bonds is 2. The number of aromatic amines is 2. The molecule has 11 rings (SSSR count). The highest BCUT2D eigenvalue weighted by atomic mass is 16.1. The fourth-order valence-corrected chi connectivity index (χ4v) is 8.17. The molecule has 5 heteroatoms. The summed E-state index contributed by atoms with van der Waals surface area (Å²) >= 11 is 0. The third-order valence-electron chi connectivity index (χ3n) is 10.3. The minimum atomic E-state index is 0.00506. The third kappa shape index (κ3) is 3.69. The van der Waals surface area contributed by atoms with Crippen LogP contribution in [0.3, 0.4) is 0 Å². The Balaban J connectivity index is 1.43. The molecule has 4 aromatic carbocycles. The molecule has 5 nitrogen and oxygen atoms in total. The molecule has 0 fully saturated rings. The van der Waals surface area contributed by atoms with Crippen LogP contribution in [-0.2, 0) is 0 Å². The van der Waals surface area contributed by atoms with Gasteiger partial charge >= 0.3 is 0 Å². The van der Waals surface area contributed by atoms with E-state index in [2.05, 4.69) is 113 Å². The van der Waals surface area contributed by atoms with Crippen molar-refractivity contribution in [2.75, 3.05) is 0 Å². The van der Waals surface area contributed by atoms with Crippen molar-refractivity contribution in [2.45, 2.75) is 0 Å². The van der Waals surface area contributed by atoms with Gasteiger partial charge < -0.3 is 9.97 Å². The van der Waals surface area contributed by atoms with Gasteiger partial charge in [-0.1, -0.05) is 109 Å². The van der Waals surface area contributed by atoms with Gasteiger partial charge in [-0.2, -0.15) is 0 Å². The summed E-state index contributed by atoms with van der Waals surface area (Å²) in [6, 6.07) is 45.6. The van der Waals surface area contributed by atoms with E-state index in [1.54, 1.807) is 0 Å². The molecule has 0 radical (unpaired) electrons. The van der Waals surface area contributed by atoms with Crippen molar-refractivity contribution in [1.29, 1.82) is 0 Å². The third-order valence-corrected chi connectivity index (χ3v) is 10.3. The molecule has 0 saturated carbocycles. The van der Waals surface area contributed by atoms with Gasteiger partial charge in [-0.15, -0.1) is 0 Å². The molecule has 0 amide bonds. The quantitative estimate of drug-likeness (QED) is 0.198. The molecule has 0 spiro atoms. The van der Waals surface area contributed by atoms with E-state index >= 15 is 0 Å². The highest BCUT2D eigenvalue weighted by Crippen LogP contribution is 2.49. The van der Waals surface area contributed by atoms with Crippen molar-refractivity contribution in [3.8, 4) is 44.8 Å². The van der Waals surface area contributed by atoms with E-state index in [4.69, 9.17) is 9.97 Å². The summed E-state index contributed by atoms with van der Waals surface area (Å²) in [7, 11) is 0. The van der Waals surface area contributed by atoms with Crippen LogP contribution >= 0.6 is 0 Å². The average molecular weight is 639 g/mol. The van der Waals surface area contributed by atoms with Gasteiger partial charge in [0.15, 0.2) is 5.43 Å². The van der Waals surface area contributed by atoms with Gasteiger partial charge in [0.1, 0.15) is 0 Å². The second-order valence-electron chi connectivity index (χ2n) is 13.0. The summed E-state index contributed by atoms with van der Waals surface area (Å²) in [4.78, 5) is 32.9. The number of nitrogens with zero attached hydrogens (tertiary/aromatic N) is 2. The Bertz CT molecular complexity index is 3100. The Morgan fingerprint density at radius 3 is 1.38 bits per heavy atom. The van der Waals surface area contributed by atoms with Crippen LogP contribution in [-0.4, -0.2) is 19.9 Å². The van der Waals surface area contributed by atoms with Crippen molar-refractivity contribution in [3.63, 3.8) is 0 Å². The van der Waals surface area contributed by atoms with Crippen LogP contribution in [0.15, 0.2) is 138 Å². The zero-order valence-corrected chi connectivity index (χ0v) is 26.7. The predicted molar refractivity (Wildman–Crippen MR) is 206 cm³/mol. The Morgan fingerprint density at radius 2 is 0.820 bits per heavy atom. The van der Waals surface area contributed by atoms with Crippen molar-refractivity contribution in [3.05, 3.63) is 155 Å². The van der Waals surface area contributed by atoms with E-state index in [0.29, 0.717) is 16.6 Å². The molecule has 8 bridgehead atoms. The number of aromatic nitrogens is 4. The maximum Gasteiger partial charge on any atom is 0.196 e. The largest absolute Gasteiger partial charge is 0.354 e. The van der Waals surface area contributed by atoms with Gasteiger partial charge in [0.2, 0.25) is 0 Å². The number of benzene rings is 5. The first-order valence-corrected chi connectivity index (χ1v) is 16.8. The van der Waals surface area contributed by atoms with E-state index in [-0.39, 0.29) is 5.43 Å². The highest BCUT2D eigenvalue weighted by Gasteiger charge is 2.31. The molecular formula is C45H26N4O. The molecule has 7 aromatic rings. The first-order chi connectivity index (χ1) is 24.7. The molecular weight excluding hydrogens is 613 g/mol. The van der Waals surface area contributed by atoms with Crippen LogP contribution in [0.5, 0.6) is 0 Å². The molecule has 232 valence electrons. The Morgan fingerprint density at radius 1 is 0.380 bits per heavy atom. The fraction of sp³-hybridized carbons (Fsp3) is 0. The molecule has 50 heavy (non-hydrogen) atoms. The number of nitrogens with one attached hydrogen (secondary N) is 2. The lowest BCUT2D eigenvalue weighted by Gasteiger charge is -2.07. The first kappa shape index (κ1) is 27.1. The summed E-state index contributed by atoms with van der Waals surface area (Å²) in [5, 5.41) is 5.57. The van der Waals surface area contributed by atoms with Gasteiger partial charge in [0.05, 0.1) is 28.3 Å². The summed E-state index contributed by atoms with van der Waals surface area (Å²) in [6.45, 7) is 0. The first-order valence-electron chi connectivity index (χ1n) is 16.8. The van der Waals surface area contributed by atoms with E-state index in [1.165, 1.54) is 0 Å². The molecule has 0 atom stereocenters. The van der Waals surface area contributed by atoms with E-state index in [1.807, 2.05) is 42.5 Å². The minimum absolute atomic E-state index is 0.00506. The lowest BCUT2D eigenvalue weighted by Crippen LogP contribution is -2.06. The number of H-pyrrole nitrogens is 2. The van der Waals surface area contributed by atoms with Crippen molar-refractivity contribution >= 4 is 66.5 Å². The van der Waals surface area contributed by atoms with Crippen molar-refractivity contribution in [1.82, 2.24) is 19.9 Å². The topological polar surface area (TPSA) is 74.4 Å². The lowest BCUT2D eigenvalue weighted by molar-refractivity contribution is 1.32. The summed E-state index contributed by atoms with van der Waals surface area (Å²) < 4.78 is 0. The summed E-state index contributed by atoms with van der Waals surface area (Å²) in [5.74, 6) is 0. The second kappa shape index (κ2) is 10.1. The smallest absolute Gasteiger partial charge is 0.196 e. The zero-order chi connectivity index (χ0) is 32.9. The molecule has 0 saturated heterocycles. The number of hydrogen-bond acceptors (Lipinski definition) is 3. The van der Waals surface area contributed by atoms with Gasteiger partial charge in [0, 0.05) is 54.9 Å². The average Bonchev–Trinajstić information content (AvgIpc) is 4.00. The summed E-state index contributed by atoms with van der Waals surface area (Å²) in [5.41, 5.74) is 12.7. The maximum atomic E-state index is 14.5. The van der Waals surface area contributed by atoms with Crippen LogP contribution in [0.1, 0.15) is 11.4 Å². The van der Waals surface area contributed by atoms with E-state index in [0.717, 1.165) is 93.9 Å². The number of fused-ring (bicyclic) bond motifs is 14. The molecule has 0 unspecified atom stereocenters. The van der Waals surface area contributed by atoms with Crippen molar-refractivity contribution in [2.24, 2.45) is 0 Å². The van der Waals surface area contributed by atoms with Crippen molar-refractivity contribution < 1.29 is 0 Å². The monoisotopic (exact) mass is 638 g/mol. The molecule has 3 aromatic heterocycles. The Labute approximate surface area is 285 Å². The van der Waals surface area contributed by atoms with Gasteiger partial charge in [-0.05, 0) is 63.7 Å². The normalized spacial score (nSPS) is 12.4. The van der Waals surface area contributed by atoms with Gasteiger partial charge in [0.25, 0.3) is 0 Å². The number of hydrogen-bond donors (Lipinski definition) is 2. The fourth-order valence-electron chi connectivity index (χ4n) is 8.17. The van der Waals surface area contributed by atoms with Crippen LogP contribution < -0.4 is 5.43 Å². The Kier molecular flexibility index (Phi) is 5.47. The molecule has 5 heterocycles.